The second kappa shape index (κ2) is 6.31. The van der Waals surface area contributed by atoms with Crippen LogP contribution in [0.5, 0.6) is 0 Å². The third-order valence-corrected chi connectivity index (χ3v) is 2.11. The summed E-state index contributed by atoms with van der Waals surface area (Å²) in [6, 6.07) is 0. The van der Waals surface area contributed by atoms with Gasteiger partial charge in [-0.2, -0.15) is 0 Å². The number of rotatable bonds is 7. The van der Waals surface area contributed by atoms with Crippen LogP contribution in [0.2, 0.25) is 0 Å². The zero-order valence-electron chi connectivity index (χ0n) is 9.28. The maximum absolute atomic E-state index is 9.67. The zero-order chi connectivity index (χ0) is 11.2. The fourth-order valence-electron chi connectivity index (χ4n) is 0.690. The minimum atomic E-state index is -1.13. The van der Waals surface area contributed by atoms with Crippen LogP contribution in [0.1, 0.15) is 20.8 Å². The summed E-state index contributed by atoms with van der Waals surface area (Å²) in [6.45, 7) is 6.09. The SMILES string of the molecule is CO[C@H](O)NCCOC(C)(O)C(C)C. The third-order valence-electron chi connectivity index (χ3n) is 2.11. The molecule has 0 aliphatic heterocycles. The van der Waals surface area contributed by atoms with E-state index in [0.29, 0.717) is 13.2 Å². The van der Waals surface area contributed by atoms with Crippen molar-refractivity contribution in [3.63, 3.8) is 0 Å². The van der Waals surface area contributed by atoms with E-state index in [1.165, 1.54) is 7.11 Å². The van der Waals surface area contributed by atoms with Crippen LogP contribution in [0.3, 0.4) is 0 Å². The van der Waals surface area contributed by atoms with Crippen molar-refractivity contribution in [2.24, 2.45) is 5.92 Å². The molecule has 0 amide bonds. The molecule has 0 aromatic rings. The molecular formula is C9H21NO4. The molecule has 0 aromatic heterocycles. The Balaban J connectivity index is 3.54. The van der Waals surface area contributed by atoms with E-state index >= 15 is 0 Å². The lowest BCUT2D eigenvalue weighted by Crippen LogP contribution is -2.39. The molecule has 5 heteroatoms. The smallest absolute Gasteiger partial charge is 0.213 e. The number of hydrogen-bond donors (Lipinski definition) is 3. The number of aliphatic hydroxyl groups is 2. The largest absolute Gasteiger partial charge is 0.365 e. The van der Waals surface area contributed by atoms with Gasteiger partial charge in [0.1, 0.15) is 0 Å². The molecule has 0 heterocycles. The van der Waals surface area contributed by atoms with Crippen LogP contribution < -0.4 is 5.32 Å². The molecule has 0 aliphatic rings. The summed E-state index contributed by atoms with van der Waals surface area (Å²) in [4.78, 5) is 0. The van der Waals surface area contributed by atoms with Crippen LogP contribution in [0.4, 0.5) is 0 Å². The van der Waals surface area contributed by atoms with E-state index in [1.54, 1.807) is 6.92 Å². The zero-order valence-corrected chi connectivity index (χ0v) is 9.28. The highest BCUT2D eigenvalue weighted by Gasteiger charge is 2.25. The van der Waals surface area contributed by atoms with Crippen LogP contribution in [0.15, 0.2) is 0 Å². The Labute approximate surface area is 85.0 Å². The Morgan fingerprint density at radius 3 is 2.43 bits per heavy atom. The van der Waals surface area contributed by atoms with Gasteiger partial charge in [-0.1, -0.05) is 13.8 Å². The van der Waals surface area contributed by atoms with Gasteiger partial charge in [-0.15, -0.1) is 0 Å². The predicted molar refractivity (Wildman–Crippen MR) is 52.4 cm³/mol. The van der Waals surface area contributed by atoms with Gasteiger partial charge in [-0.25, -0.2) is 0 Å². The van der Waals surface area contributed by atoms with Gasteiger partial charge >= 0.3 is 0 Å². The molecule has 86 valence electrons. The number of hydrogen-bond acceptors (Lipinski definition) is 5. The van der Waals surface area contributed by atoms with E-state index in [2.05, 4.69) is 10.1 Å². The maximum atomic E-state index is 9.67. The van der Waals surface area contributed by atoms with E-state index in [9.17, 15) is 5.11 Å². The van der Waals surface area contributed by atoms with Crippen molar-refractivity contribution >= 4 is 0 Å². The lowest BCUT2D eigenvalue weighted by molar-refractivity contribution is -0.218. The van der Waals surface area contributed by atoms with Gasteiger partial charge in [0.2, 0.25) is 6.41 Å². The van der Waals surface area contributed by atoms with E-state index < -0.39 is 12.2 Å². The summed E-state index contributed by atoms with van der Waals surface area (Å²) in [5.74, 6) is -1.10. The average molecular weight is 207 g/mol. The summed E-state index contributed by atoms with van der Waals surface area (Å²) in [5.41, 5.74) is 0. The molecule has 0 aliphatic carbocycles. The van der Waals surface area contributed by atoms with Crippen molar-refractivity contribution in [1.82, 2.24) is 5.32 Å². The van der Waals surface area contributed by atoms with Gasteiger partial charge < -0.3 is 19.7 Å². The van der Waals surface area contributed by atoms with Gasteiger partial charge in [0.15, 0.2) is 5.79 Å². The molecule has 1 unspecified atom stereocenters. The Kier molecular flexibility index (Phi) is 6.22. The summed E-state index contributed by atoms with van der Waals surface area (Å²) in [7, 11) is 1.39. The number of aliphatic hydroxyl groups excluding tert-OH is 1. The molecule has 0 spiro atoms. The Hall–Kier alpha value is -0.200. The predicted octanol–water partition coefficient (Wildman–Crippen LogP) is -0.121. The third kappa shape index (κ3) is 5.51. The highest BCUT2D eigenvalue weighted by atomic mass is 16.6. The molecule has 0 rings (SSSR count). The molecular weight excluding hydrogens is 186 g/mol. The number of methoxy groups -OCH3 is 1. The molecule has 0 radical (unpaired) electrons. The summed E-state index contributed by atoms with van der Waals surface area (Å²) in [6.07, 6.45) is -0.984. The second-order valence-electron chi connectivity index (χ2n) is 3.60. The first-order valence-corrected chi connectivity index (χ1v) is 4.70. The normalized spacial score (nSPS) is 18.2. The van der Waals surface area contributed by atoms with E-state index in [1.807, 2.05) is 13.8 Å². The molecule has 0 fully saturated rings. The van der Waals surface area contributed by atoms with E-state index in [0.717, 1.165) is 0 Å². The summed E-state index contributed by atoms with van der Waals surface area (Å²) < 4.78 is 9.77. The van der Waals surface area contributed by atoms with Crippen LogP contribution >= 0.6 is 0 Å². The van der Waals surface area contributed by atoms with Crippen molar-refractivity contribution in [3.8, 4) is 0 Å². The lowest BCUT2D eigenvalue weighted by Gasteiger charge is -2.28. The monoisotopic (exact) mass is 207 g/mol. The minimum Gasteiger partial charge on any atom is -0.365 e. The van der Waals surface area contributed by atoms with Crippen LogP contribution in [-0.4, -0.2) is 42.7 Å². The molecule has 3 N–H and O–H groups in total. The first kappa shape index (κ1) is 13.8. The van der Waals surface area contributed by atoms with Crippen molar-refractivity contribution < 1.29 is 19.7 Å². The van der Waals surface area contributed by atoms with Gasteiger partial charge in [0, 0.05) is 19.6 Å². The lowest BCUT2D eigenvalue weighted by atomic mass is 10.1. The van der Waals surface area contributed by atoms with Gasteiger partial charge in [-0.3, -0.25) is 5.32 Å². The van der Waals surface area contributed by atoms with Gasteiger partial charge in [-0.05, 0) is 6.92 Å². The fourth-order valence-corrected chi connectivity index (χ4v) is 0.690. The van der Waals surface area contributed by atoms with Gasteiger partial charge in [0.05, 0.1) is 6.61 Å². The molecule has 0 saturated carbocycles. The number of ether oxygens (including phenoxy) is 2. The van der Waals surface area contributed by atoms with Crippen molar-refractivity contribution in [2.45, 2.75) is 33.0 Å². The average Bonchev–Trinajstić information content (AvgIpc) is 2.11. The Morgan fingerprint density at radius 1 is 1.43 bits per heavy atom. The molecule has 0 aromatic carbocycles. The second-order valence-corrected chi connectivity index (χ2v) is 3.60. The topological polar surface area (TPSA) is 71.0 Å². The molecule has 14 heavy (non-hydrogen) atoms. The van der Waals surface area contributed by atoms with E-state index in [4.69, 9.17) is 9.84 Å². The van der Waals surface area contributed by atoms with Gasteiger partial charge in [0.25, 0.3) is 0 Å². The van der Waals surface area contributed by atoms with Crippen molar-refractivity contribution in [3.05, 3.63) is 0 Å². The molecule has 5 nitrogen and oxygen atoms in total. The Morgan fingerprint density at radius 2 is 2.00 bits per heavy atom. The number of nitrogens with one attached hydrogen (secondary N) is 1. The van der Waals surface area contributed by atoms with E-state index in [-0.39, 0.29) is 5.92 Å². The standard InChI is InChI=1S/C9H21NO4/c1-7(2)9(3,12)14-6-5-10-8(11)13-4/h7-8,10-12H,5-6H2,1-4H3/t8-,9?/m0/s1. The summed E-state index contributed by atoms with van der Waals surface area (Å²) >= 11 is 0. The first-order valence-electron chi connectivity index (χ1n) is 4.70. The van der Waals surface area contributed by atoms with Crippen molar-refractivity contribution in [2.75, 3.05) is 20.3 Å². The highest BCUT2D eigenvalue weighted by molar-refractivity contribution is 4.64. The van der Waals surface area contributed by atoms with Crippen LogP contribution in [0.25, 0.3) is 0 Å². The molecule has 2 atom stereocenters. The summed E-state index contributed by atoms with van der Waals surface area (Å²) in [5, 5.41) is 21.3. The molecule has 0 saturated heterocycles. The fraction of sp³-hybridized carbons (Fsp3) is 1.00. The highest BCUT2D eigenvalue weighted by Crippen LogP contribution is 2.16. The minimum absolute atomic E-state index is 0.0230. The van der Waals surface area contributed by atoms with Crippen LogP contribution in [0, 0.1) is 5.92 Å². The molecule has 0 bridgehead atoms. The maximum Gasteiger partial charge on any atom is 0.213 e. The quantitative estimate of drug-likeness (QED) is 0.401. The Bertz CT molecular complexity index is 150. The van der Waals surface area contributed by atoms with Crippen LogP contribution in [-0.2, 0) is 9.47 Å². The van der Waals surface area contributed by atoms with Crippen molar-refractivity contribution in [1.29, 1.82) is 0 Å². The first-order chi connectivity index (χ1) is 6.40.